The number of carbonyl (C=O) groups is 2. The van der Waals surface area contributed by atoms with E-state index in [0.717, 1.165) is 11.8 Å². The molecule has 0 heterocycles. The second kappa shape index (κ2) is 9.15. The molecular formula is C19H19N3O4. The summed E-state index contributed by atoms with van der Waals surface area (Å²) in [4.78, 5) is 27.5. The molecule has 0 saturated heterocycles. The van der Waals surface area contributed by atoms with Crippen LogP contribution in [0.2, 0.25) is 0 Å². The maximum absolute atomic E-state index is 12.6. The number of carbonyl (C=O) groups excluding carboxylic acids is 2. The van der Waals surface area contributed by atoms with E-state index >= 15 is 0 Å². The van der Waals surface area contributed by atoms with Crippen LogP contribution in [0, 0.1) is 0 Å². The van der Waals surface area contributed by atoms with Crippen LogP contribution in [0.25, 0.3) is 5.53 Å². The van der Waals surface area contributed by atoms with Crippen LogP contribution in [0.15, 0.2) is 48.5 Å². The Bertz CT molecular complexity index is 830. The normalized spacial score (nSPS) is 11.0. The zero-order valence-corrected chi connectivity index (χ0v) is 14.5. The summed E-state index contributed by atoms with van der Waals surface area (Å²) in [5, 5.41) is 2.67. The number of nitrogens with zero attached hydrogens (tertiary/aromatic N) is 2. The van der Waals surface area contributed by atoms with Crippen LogP contribution in [0.1, 0.15) is 15.9 Å². The van der Waals surface area contributed by atoms with E-state index in [1.807, 2.05) is 30.3 Å². The minimum absolute atomic E-state index is 0.269. The molecular weight excluding hydrogens is 334 g/mol. The van der Waals surface area contributed by atoms with Gasteiger partial charge in [0.25, 0.3) is 11.7 Å². The van der Waals surface area contributed by atoms with Gasteiger partial charge in [-0.25, -0.2) is 0 Å². The van der Waals surface area contributed by atoms with Gasteiger partial charge in [0, 0.05) is 12.0 Å². The van der Waals surface area contributed by atoms with Gasteiger partial charge in [0.1, 0.15) is 6.04 Å². The molecule has 0 unspecified atom stereocenters. The van der Waals surface area contributed by atoms with E-state index in [1.165, 1.54) is 20.3 Å². The summed E-state index contributed by atoms with van der Waals surface area (Å²) in [5.41, 5.74) is 9.81. The largest absolute Gasteiger partial charge is 0.493 e. The van der Waals surface area contributed by atoms with E-state index in [2.05, 4.69) is 10.1 Å². The molecule has 0 saturated carbocycles. The highest BCUT2D eigenvalue weighted by molar-refractivity contribution is 6.28. The molecule has 0 fully saturated rings. The summed E-state index contributed by atoms with van der Waals surface area (Å²) in [7, 11) is 2.97. The molecule has 2 aromatic carbocycles. The Morgan fingerprint density at radius 2 is 1.81 bits per heavy atom. The lowest BCUT2D eigenvalue weighted by Crippen LogP contribution is -2.43. The van der Waals surface area contributed by atoms with Gasteiger partial charge in [-0.1, -0.05) is 30.3 Å². The topological polar surface area (TPSA) is 101 Å². The fraction of sp³-hybridized carbons (Fsp3) is 0.211. The van der Waals surface area contributed by atoms with Crippen molar-refractivity contribution in [3.63, 3.8) is 0 Å². The van der Waals surface area contributed by atoms with Crippen molar-refractivity contribution in [2.45, 2.75) is 12.5 Å². The number of benzene rings is 2. The van der Waals surface area contributed by atoms with Crippen molar-refractivity contribution < 1.29 is 23.9 Å². The second-order valence-electron chi connectivity index (χ2n) is 5.43. The van der Waals surface area contributed by atoms with E-state index < -0.39 is 17.7 Å². The van der Waals surface area contributed by atoms with Crippen molar-refractivity contribution in [2.75, 3.05) is 14.2 Å². The fourth-order valence-electron chi connectivity index (χ4n) is 2.44. The number of hydrogen-bond acceptors (Lipinski definition) is 4. The van der Waals surface area contributed by atoms with Crippen molar-refractivity contribution in [1.82, 2.24) is 5.32 Å². The molecule has 7 nitrogen and oxygen atoms in total. The molecule has 2 aromatic rings. The van der Waals surface area contributed by atoms with Gasteiger partial charge in [-0.2, -0.15) is 4.79 Å². The van der Waals surface area contributed by atoms with E-state index in [0.29, 0.717) is 17.1 Å². The molecule has 7 heteroatoms. The molecule has 0 bridgehead atoms. The van der Waals surface area contributed by atoms with Crippen molar-refractivity contribution in [3.8, 4) is 11.5 Å². The van der Waals surface area contributed by atoms with Crippen molar-refractivity contribution in [2.24, 2.45) is 0 Å². The number of ether oxygens (including phenoxy) is 2. The SMILES string of the molecule is COc1ccc(C(=O)N[C@@H](Cc2ccccc2)C(=O)C=[N+]=[N-])cc1OC. The van der Waals surface area contributed by atoms with Crippen molar-refractivity contribution in [3.05, 3.63) is 65.2 Å². The third-order valence-corrected chi connectivity index (χ3v) is 3.76. The Hall–Kier alpha value is -3.44. The van der Waals surface area contributed by atoms with Crippen LogP contribution < -0.4 is 14.8 Å². The van der Waals surface area contributed by atoms with Crippen molar-refractivity contribution >= 4 is 17.9 Å². The van der Waals surface area contributed by atoms with Gasteiger partial charge < -0.3 is 20.3 Å². The van der Waals surface area contributed by atoms with E-state index in [-0.39, 0.29) is 6.42 Å². The minimum Gasteiger partial charge on any atom is -0.493 e. The first-order valence-electron chi connectivity index (χ1n) is 7.87. The number of nitrogens with one attached hydrogen (secondary N) is 1. The quantitative estimate of drug-likeness (QED) is 0.445. The number of Topliss-reactive ketones (excluding diaryl/α,β-unsaturated/α-hetero) is 1. The Morgan fingerprint density at radius 3 is 2.42 bits per heavy atom. The molecule has 0 aromatic heterocycles. The Morgan fingerprint density at radius 1 is 1.12 bits per heavy atom. The molecule has 0 spiro atoms. The first kappa shape index (κ1) is 18.9. The van der Waals surface area contributed by atoms with E-state index in [9.17, 15) is 9.59 Å². The van der Waals surface area contributed by atoms with Crippen LogP contribution in [-0.4, -0.2) is 43.0 Å². The van der Waals surface area contributed by atoms with Crippen LogP contribution >= 0.6 is 0 Å². The molecule has 0 radical (unpaired) electrons. The number of hydrogen-bond donors (Lipinski definition) is 1. The smallest absolute Gasteiger partial charge is 0.325 e. The molecule has 1 amide bonds. The maximum atomic E-state index is 12.6. The number of amides is 1. The van der Waals surface area contributed by atoms with Gasteiger partial charge in [-0.05, 0) is 23.8 Å². The minimum atomic E-state index is -0.867. The van der Waals surface area contributed by atoms with Crippen molar-refractivity contribution in [1.29, 1.82) is 0 Å². The third kappa shape index (κ3) is 4.78. The second-order valence-corrected chi connectivity index (χ2v) is 5.43. The first-order chi connectivity index (χ1) is 12.6. The average molecular weight is 353 g/mol. The van der Waals surface area contributed by atoms with Gasteiger partial charge in [-0.3, -0.25) is 9.59 Å². The monoisotopic (exact) mass is 353 g/mol. The molecule has 0 aliphatic heterocycles. The number of methoxy groups -OCH3 is 2. The molecule has 2 rings (SSSR count). The van der Waals surface area contributed by atoms with Gasteiger partial charge in [0.05, 0.1) is 14.2 Å². The Labute approximate surface area is 151 Å². The predicted molar refractivity (Wildman–Crippen MR) is 95.6 cm³/mol. The summed E-state index contributed by atoms with van der Waals surface area (Å²) in [6.07, 6.45) is 1.05. The molecule has 26 heavy (non-hydrogen) atoms. The van der Waals surface area contributed by atoms with Gasteiger partial charge in [0.15, 0.2) is 11.5 Å². The van der Waals surface area contributed by atoms with E-state index in [4.69, 9.17) is 15.0 Å². The lowest BCUT2D eigenvalue weighted by molar-refractivity contribution is -0.117. The molecule has 0 aliphatic rings. The molecule has 134 valence electrons. The highest BCUT2D eigenvalue weighted by Gasteiger charge is 2.23. The van der Waals surface area contributed by atoms with Gasteiger partial charge in [0.2, 0.25) is 0 Å². The van der Waals surface area contributed by atoms with E-state index in [1.54, 1.807) is 12.1 Å². The van der Waals surface area contributed by atoms with Crippen LogP contribution in [0.4, 0.5) is 0 Å². The maximum Gasteiger partial charge on any atom is 0.325 e. The first-order valence-corrected chi connectivity index (χ1v) is 7.87. The number of rotatable bonds is 8. The highest BCUT2D eigenvalue weighted by Crippen LogP contribution is 2.27. The van der Waals surface area contributed by atoms with Crippen LogP contribution in [-0.2, 0) is 11.2 Å². The molecule has 1 N–H and O–H groups in total. The zero-order valence-electron chi connectivity index (χ0n) is 14.5. The Balaban J connectivity index is 2.22. The summed E-state index contributed by atoms with van der Waals surface area (Å²) >= 11 is 0. The summed E-state index contributed by atoms with van der Waals surface area (Å²) < 4.78 is 10.3. The standard InChI is InChI=1S/C19H19N3O4/c1-25-17-9-8-14(11-18(17)26-2)19(24)22-15(16(23)12-21-20)10-13-6-4-3-5-7-13/h3-9,11-12,15H,10H2,1-2H3,(H,22,24)/t15-/m0/s1. The Kier molecular flexibility index (Phi) is 6.65. The summed E-state index contributed by atoms with van der Waals surface area (Å²) in [6.45, 7) is 0. The predicted octanol–water partition coefficient (Wildman–Crippen LogP) is 1.91. The zero-order chi connectivity index (χ0) is 18.9. The van der Waals surface area contributed by atoms with Gasteiger partial charge in [-0.15, -0.1) is 0 Å². The van der Waals surface area contributed by atoms with Gasteiger partial charge >= 0.3 is 6.21 Å². The lowest BCUT2D eigenvalue weighted by atomic mass is 10.0. The van der Waals surface area contributed by atoms with Crippen LogP contribution in [0.5, 0.6) is 11.5 Å². The molecule has 0 aliphatic carbocycles. The molecule has 1 atom stereocenters. The highest BCUT2D eigenvalue weighted by atomic mass is 16.5. The summed E-state index contributed by atoms with van der Waals surface area (Å²) in [6, 6.07) is 13.1. The number of ketones is 1. The fourth-order valence-corrected chi connectivity index (χ4v) is 2.44. The van der Waals surface area contributed by atoms with Crippen LogP contribution in [0.3, 0.4) is 0 Å². The lowest BCUT2D eigenvalue weighted by Gasteiger charge is -2.15. The summed E-state index contributed by atoms with van der Waals surface area (Å²) in [5.74, 6) is -0.0619. The average Bonchev–Trinajstić information content (AvgIpc) is 2.67. The third-order valence-electron chi connectivity index (χ3n) is 3.76.